The SMILES string of the molecule is CCNC1CCC(c2c(OC)cnn2CC)C1C. The number of nitrogens with one attached hydrogen (secondary N) is 1. The van der Waals surface area contributed by atoms with E-state index >= 15 is 0 Å². The third-order valence-electron chi connectivity index (χ3n) is 4.24. The van der Waals surface area contributed by atoms with E-state index in [0.29, 0.717) is 17.9 Å². The van der Waals surface area contributed by atoms with Gasteiger partial charge in [0.15, 0.2) is 5.75 Å². The topological polar surface area (TPSA) is 39.1 Å². The van der Waals surface area contributed by atoms with Crippen LogP contribution in [-0.4, -0.2) is 29.5 Å². The van der Waals surface area contributed by atoms with Crippen molar-refractivity contribution < 1.29 is 4.74 Å². The molecule has 0 saturated heterocycles. The van der Waals surface area contributed by atoms with E-state index in [1.807, 2.05) is 6.20 Å². The van der Waals surface area contributed by atoms with E-state index in [0.717, 1.165) is 18.8 Å². The average molecular weight is 251 g/mol. The number of nitrogens with zero attached hydrogens (tertiary/aromatic N) is 2. The Bertz CT molecular complexity index is 367. The number of hydrogen-bond donors (Lipinski definition) is 1. The zero-order valence-electron chi connectivity index (χ0n) is 11.9. The minimum Gasteiger partial charge on any atom is -0.493 e. The quantitative estimate of drug-likeness (QED) is 0.873. The van der Waals surface area contributed by atoms with E-state index < -0.39 is 0 Å². The van der Waals surface area contributed by atoms with E-state index in [-0.39, 0.29) is 0 Å². The van der Waals surface area contributed by atoms with Gasteiger partial charge in [0.05, 0.1) is 19.0 Å². The van der Waals surface area contributed by atoms with Crippen LogP contribution in [0.1, 0.15) is 45.2 Å². The van der Waals surface area contributed by atoms with Crippen LogP contribution in [0.4, 0.5) is 0 Å². The second-order valence-corrected chi connectivity index (χ2v) is 5.12. The highest BCUT2D eigenvalue weighted by Crippen LogP contribution is 2.42. The van der Waals surface area contributed by atoms with Crippen LogP contribution in [0.15, 0.2) is 6.20 Å². The van der Waals surface area contributed by atoms with Crippen LogP contribution in [0.2, 0.25) is 0 Å². The van der Waals surface area contributed by atoms with Crippen LogP contribution < -0.4 is 10.1 Å². The summed E-state index contributed by atoms with van der Waals surface area (Å²) in [6.45, 7) is 8.62. The summed E-state index contributed by atoms with van der Waals surface area (Å²) >= 11 is 0. The first-order valence-corrected chi connectivity index (χ1v) is 7.05. The summed E-state index contributed by atoms with van der Waals surface area (Å²) in [6.07, 6.45) is 4.32. The number of aromatic nitrogens is 2. The number of rotatable bonds is 5. The molecule has 4 heteroatoms. The fourth-order valence-corrected chi connectivity index (χ4v) is 3.26. The fraction of sp³-hybridized carbons (Fsp3) is 0.786. The molecule has 1 aliphatic carbocycles. The van der Waals surface area contributed by atoms with Gasteiger partial charge in [0.25, 0.3) is 0 Å². The summed E-state index contributed by atoms with van der Waals surface area (Å²) in [7, 11) is 1.74. The summed E-state index contributed by atoms with van der Waals surface area (Å²) < 4.78 is 7.57. The maximum atomic E-state index is 5.48. The van der Waals surface area contributed by atoms with Crippen LogP contribution >= 0.6 is 0 Å². The lowest BCUT2D eigenvalue weighted by Gasteiger charge is -2.22. The first-order valence-electron chi connectivity index (χ1n) is 7.05. The van der Waals surface area contributed by atoms with E-state index in [1.165, 1.54) is 18.5 Å². The Hall–Kier alpha value is -1.03. The molecule has 1 N–H and O–H groups in total. The zero-order valence-corrected chi connectivity index (χ0v) is 11.9. The first-order chi connectivity index (χ1) is 8.72. The molecule has 18 heavy (non-hydrogen) atoms. The highest BCUT2D eigenvalue weighted by Gasteiger charge is 2.36. The highest BCUT2D eigenvalue weighted by molar-refractivity contribution is 5.30. The van der Waals surface area contributed by atoms with Gasteiger partial charge in [-0.15, -0.1) is 0 Å². The maximum absolute atomic E-state index is 5.48. The Labute approximate surface area is 110 Å². The second kappa shape index (κ2) is 5.74. The van der Waals surface area contributed by atoms with Crippen molar-refractivity contribution in [3.05, 3.63) is 11.9 Å². The molecule has 4 nitrogen and oxygen atoms in total. The van der Waals surface area contributed by atoms with Crippen molar-refractivity contribution in [1.82, 2.24) is 15.1 Å². The van der Waals surface area contributed by atoms with Gasteiger partial charge in [0.2, 0.25) is 0 Å². The first kappa shape index (κ1) is 13.4. The van der Waals surface area contributed by atoms with Gasteiger partial charge in [-0.05, 0) is 32.2 Å². The summed E-state index contributed by atoms with van der Waals surface area (Å²) in [5.74, 6) is 2.15. The largest absolute Gasteiger partial charge is 0.493 e. The number of methoxy groups -OCH3 is 1. The minimum atomic E-state index is 0.562. The monoisotopic (exact) mass is 251 g/mol. The van der Waals surface area contributed by atoms with E-state index in [4.69, 9.17) is 4.74 Å². The number of hydrogen-bond acceptors (Lipinski definition) is 3. The van der Waals surface area contributed by atoms with Crippen LogP contribution in [0.25, 0.3) is 0 Å². The molecular weight excluding hydrogens is 226 g/mol. The van der Waals surface area contributed by atoms with Gasteiger partial charge < -0.3 is 10.1 Å². The van der Waals surface area contributed by atoms with Gasteiger partial charge in [-0.25, -0.2) is 0 Å². The molecule has 1 saturated carbocycles. The molecule has 1 heterocycles. The zero-order chi connectivity index (χ0) is 13.1. The fourth-order valence-electron chi connectivity index (χ4n) is 3.26. The van der Waals surface area contributed by atoms with Crippen molar-refractivity contribution in [2.24, 2.45) is 5.92 Å². The second-order valence-electron chi connectivity index (χ2n) is 5.12. The van der Waals surface area contributed by atoms with Crippen molar-refractivity contribution in [1.29, 1.82) is 0 Å². The lowest BCUT2D eigenvalue weighted by Crippen LogP contribution is -2.32. The molecule has 0 aromatic carbocycles. The Kier molecular flexibility index (Phi) is 4.27. The predicted molar refractivity (Wildman–Crippen MR) is 73.1 cm³/mol. The molecule has 0 aliphatic heterocycles. The average Bonchev–Trinajstić information content (AvgIpc) is 2.94. The molecule has 0 spiro atoms. The number of aryl methyl sites for hydroxylation is 1. The van der Waals surface area contributed by atoms with E-state index in [9.17, 15) is 0 Å². The van der Waals surface area contributed by atoms with E-state index in [2.05, 4.69) is 35.9 Å². The molecule has 2 rings (SSSR count). The molecule has 3 atom stereocenters. The third-order valence-corrected chi connectivity index (χ3v) is 4.24. The van der Waals surface area contributed by atoms with Crippen LogP contribution in [0.5, 0.6) is 5.75 Å². The molecule has 102 valence electrons. The Balaban J connectivity index is 2.24. The highest BCUT2D eigenvalue weighted by atomic mass is 16.5. The Morgan fingerprint density at radius 3 is 2.83 bits per heavy atom. The molecule has 1 fully saturated rings. The molecule has 0 radical (unpaired) electrons. The summed E-state index contributed by atoms with van der Waals surface area (Å²) in [6, 6.07) is 0.630. The van der Waals surface area contributed by atoms with Crippen molar-refractivity contribution in [3.63, 3.8) is 0 Å². The number of ether oxygens (including phenoxy) is 1. The van der Waals surface area contributed by atoms with Crippen molar-refractivity contribution in [3.8, 4) is 5.75 Å². The van der Waals surface area contributed by atoms with Gasteiger partial charge in [-0.2, -0.15) is 5.10 Å². The van der Waals surface area contributed by atoms with Crippen molar-refractivity contribution in [2.45, 2.75) is 52.1 Å². The molecule has 0 amide bonds. The molecule has 1 aromatic rings. The van der Waals surface area contributed by atoms with Crippen LogP contribution in [0, 0.1) is 5.92 Å². The van der Waals surface area contributed by atoms with E-state index in [1.54, 1.807) is 7.11 Å². The van der Waals surface area contributed by atoms with Gasteiger partial charge in [-0.1, -0.05) is 13.8 Å². The molecule has 3 unspecified atom stereocenters. The van der Waals surface area contributed by atoms with Gasteiger partial charge in [0.1, 0.15) is 0 Å². The normalized spacial score (nSPS) is 27.7. The smallest absolute Gasteiger partial charge is 0.160 e. The Morgan fingerprint density at radius 1 is 1.44 bits per heavy atom. The molecule has 1 aliphatic rings. The minimum absolute atomic E-state index is 0.562. The molecular formula is C14H25N3O. The van der Waals surface area contributed by atoms with Crippen molar-refractivity contribution in [2.75, 3.05) is 13.7 Å². The van der Waals surface area contributed by atoms with Crippen LogP contribution in [-0.2, 0) is 6.54 Å². The predicted octanol–water partition coefficient (Wildman–Crippen LogP) is 2.40. The Morgan fingerprint density at radius 2 is 2.22 bits per heavy atom. The third kappa shape index (κ3) is 2.26. The lowest BCUT2D eigenvalue weighted by molar-refractivity contribution is 0.372. The summed E-state index contributed by atoms with van der Waals surface area (Å²) in [5, 5.41) is 8.02. The van der Waals surface area contributed by atoms with Crippen molar-refractivity contribution >= 4 is 0 Å². The molecule has 0 bridgehead atoms. The lowest BCUT2D eigenvalue weighted by atomic mass is 9.92. The summed E-state index contributed by atoms with van der Waals surface area (Å²) in [4.78, 5) is 0. The maximum Gasteiger partial charge on any atom is 0.160 e. The van der Waals surface area contributed by atoms with Gasteiger partial charge >= 0.3 is 0 Å². The summed E-state index contributed by atoms with van der Waals surface area (Å²) in [5.41, 5.74) is 1.29. The standard InChI is InChI=1S/C14H25N3O/c1-5-15-12-8-7-11(10(12)3)14-13(18-4)9-16-17(14)6-2/h9-12,15H,5-8H2,1-4H3. The molecule has 1 aromatic heterocycles. The van der Waals surface area contributed by atoms with Gasteiger partial charge in [-0.3, -0.25) is 4.68 Å². The van der Waals surface area contributed by atoms with Gasteiger partial charge in [0, 0.05) is 18.5 Å². The van der Waals surface area contributed by atoms with Crippen LogP contribution in [0.3, 0.4) is 0 Å².